The van der Waals surface area contributed by atoms with Gasteiger partial charge in [0.05, 0.1) is 23.7 Å². The summed E-state index contributed by atoms with van der Waals surface area (Å²) in [5.41, 5.74) is 8.66. The third-order valence-electron chi connectivity index (χ3n) is 11.4. The van der Waals surface area contributed by atoms with Gasteiger partial charge >= 0.3 is 0 Å². The molecular formula is C36H44FN7O2S. The Kier molecular flexibility index (Phi) is 8.32. The van der Waals surface area contributed by atoms with Gasteiger partial charge in [0.2, 0.25) is 0 Å². The molecule has 0 radical (unpaired) electrons. The van der Waals surface area contributed by atoms with Gasteiger partial charge in [-0.2, -0.15) is 0 Å². The molecule has 47 heavy (non-hydrogen) atoms. The summed E-state index contributed by atoms with van der Waals surface area (Å²) in [5.74, 6) is 3.77. The predicted molar refractivity (Wildman–Crippen MR) is 186 cm³/mol. The predicted octanol–water partition coefficient (Wildman–Crippen LogP) is 5.84. The zero-order valence-electron chi connectivity index (χ0n) is 27.7. The van der Waals surface area contributed by atoms with Gasteiger partial charge in [-0.25, -0.2) is 19.4 Å². The SMILES string of the molecule is COc1ccc(CCn2c(-c3nccs3)nc3cc(N=C(N)N4CCN[C@@H](C)C4C4C[C@@H](C)[C@@H]5C[C@H]4C5(C)C)ccc3c2=O)c(F)c1. The third-order valence-corrected chi connectivity index (χ3v) is 12.1. The van der Waals surface area contributed by atoms with Crippen LogP contribution in [-0.2, 0) is 13.0 Å². The number of aliphatic imine (C=N–C) groups is 1. The van der Waals surface area contributed by atoms with Crippen LogP contribution in [0.5, 0.6) is 5.75 Å². The van der Waals surface area contributed by atoms with Crippen molar-refractivity contribution in [1.29, 1.82) is 0 Å². The molecule has 3 N–H and O–H groups in total. The number of aromatic nitrogens is 3. The second-order valence-electron chi connectivity index (χ2n) is 14.2. The first kappa shape index (κ1) is 31.8. The number of piperazine rings is 1. The number of nitrogens with one attached hydrogen (secondary N) is 1. The van der Waals surface area contributed by atoms with Gasteiger partial charge in [0.1, 0.15) is 11.6 Å². The number of nitrogens with two attached hydrogens (primary N) is 1. The Hall–Kier alpha value is -3.83. The minimum absolute atomic E-state index is 0.207. The number of thiazole rings is 1. The normalized spacial score (nSPS) is 27.1. The van der Waals surface area contributed by atoms with Gasteiger partial charge < -0.3 is 20.7 Å². The summed E-state index contributed by atoms with van der Waals surface area (Å²) in [5, 5.41) is 6.64. The molecule has 3 heterocycles. The quantitative estimate of drug-likeness (QED) is 0.190. The molecule has 1 saturated heterocycles. The largest absolute Gasteiger partial charge is 0.497 e. The third kappa shape index (κ3) is 5.61. The smallest absolute Gasteiger partial charge is 0.261 e. The van der Waals surface area contributed by atoms with E-state index in [9.17, 15) is 9.18 Å². The monoisotopic (exact) mass is 657 g/mol. The molecule has 2 aromatic heterocycles. The van der Waals surface area contributed by atoms with Crippen molar-refractivity contribution in [3.05, 3.63) is 69.7 Å². The fourth-order valence-corrected chi connectivity index (χ4v) is 9.55. The average Bonchev–Trinajstić information content (AvgIpc) is 3.59. The first-order valence-corrected chi connectivity index (χ1v) is 17.6. The minimum Gasteiger partial charge on any atom is -0.497 e. The molecule has 0 spiro atoms. The van der Waals surface area contributed by atoms with Crippen LogP contribution in [0.25, 0.3) is 21.7 Å². The van der Waals surface area contributed by atoms with Crippen molar-refractivity contribution >= 4 is 33.9 Å². The number of hydrogen-bond donors (Lipinski definition) is 2. The lowest BCUT2D eigenvalue weighted by Crippen LogP contribution is -2.68. The fourth-order valence-electron chi connectivity index (χ4n) is 8.91. The van der Waals surface area contributed by atoms with Crippen molar-refractivity contribution in [3.8, 4) is 16.6 Å². The highest BCUT2D eigenvalue weighted by Crippen LogP contribution is 2.64. The van der Waals surface area contributed by atoms with Crippen LogP contribution in [0.2, 0.25) is 0 Å². The summed E-state index contributed by atoms with van der Waals surface area (Å²) in [6, 6.07) is 10.8. The first-order valence-electron chi connectivity index (χ1n) is 16.7. The zero-order valence-corrected chi connectivity index (χ0v) is 28.6. The summed E-state index contributed by atoms with van der Waals surface area (Å²) in [7, 11) is 1.50. The molecular weight excluding hydrogens is 614 g/mol. The Labute approximate surface area is 279 Å². The van der Waals surface area contributed by atoms with Crippen molar-refractivity contribution in [1.82, 2.24) is 24.8 Å². The van der Waals surface area contributed by atoms with Crippen LogP contribution in [-0.4, -0.2) is 57.7 Å². The molecule has 1 aliphatic heterocycles. The zero-order chi connectivity index (χ0) is 33.0. The molecule has 3 aliphatic carbocycles. The van der Waals surface area contributed by atoms with Crippen LogP contribution in [0.1, 0.15) is 46.1 Å². The van der Waals surface area contributed by atoms with E-state index in [0.29, 0.717) is 80.3 Å². The van der Waals surface area contributed by atoms with E-state index in [4.69, 9.17) is 20.4 Å². The molecule has 4 aromatic rings. The van der Waals surface area contributed by atoms with Crippen LogP contribution in [0.4, 0.5) is 10.1 Å². The second kappa shape index (κ2) is 12.3. The summed E-state index contributed by atoms with van der Waals surface area (Å²) < 4.78 is 21.5. The molecule has 0 amide bonds. The van der Waals surface area contributed by atoms with Gasteiger partial charge in [-0.1, -0.05) is 26.8 Å². The van der Waals surface area contributed by atoms with Crippen LogP contribution in [0, 0.1) is 34.9 Å². The second-order valence-corrected chi connectivity index (χ2v) is 15.1. The van der Waals surface area contributed by atoms with Gasteiger partial charge in [-0.3, -0.25) is 9.36 Å². The lowest BCUT2D eigenvalue weighted by atomic mass is 9.41. The summed E-state index contributed by atoms with van der Waals surface area (Å²) >= 11 is 1.40. The molecule has 2 aromatic carbocycles. The fraction of sp³-hybridized carbons (Fsp3) is 0.500. The molecule has 9 nitrogen and oxygen atoms in total. The van der Waals surface area contributed by atoms with Crippen LogP contribution >= 0.6 is 11.3 Å². The van der Waals surface area contributed by atoms with E-state index in [1.54, 1.807) is 29.0 Å². The maximum atomic E-state index is 14.8. The summed E-state index contributed by atoms with van der Waals surface area (Å²) in [6.45, 7) is 11.5. The molecule has 4 aliphatic rings. The molecule has 4 fully saturated rings. The van der Waals surface area contributed by atoms with E-state index in [1.807, 2.05) is 17.5 Å². The van der Waals surface area contributed by atoms with Gasteiger partial charge in [-0.05, 0) is 85.1 Å². The Morgan fingerprint density at radius 1 is 1.19 bits per heavy atom. The van der Waals surface area contributed by atoms with Crippen molar-refractivity contribution in [3.63, 3.8) is 0 Å². The number of hydrogen-bond acceptors (Lipinski definition) is 7. The van der Waals surface area contributed by atoms with E-state index < -0.39 is 0 Å². The number of halogens is 1. The molecule has 11 heteroatoms. The number of benzene rings is 2. The average molecular weight is 658 g/mol. The number of guanidine groups is 1. The maximum absolute atomic E-state index is 14.8. The highest BCUT2D eigenvalue weighted by Gasteiger charge is 2.59. The maximum Gasteiger partial charge on any atom is 0.261 e. The van der Waals surface area contributed by atoms with Crippen LogP contribution < -0.4 is 21.3 Å². The topological polar surface area (TPSA) is 111 Å². The van der Waals surface area contributed by atoms with Crippen molar-refractivity contribution in [2.45, 2.75) is 65.6 Å². The number of methoxy groups -OCH3 is 1. The summed E-state index contributed by atoms with van der Waals surface area (Å²) in [4.78, 5) is 30.5. The van der Waals surface area contributed by atoms with E-state index in [2.05, 4.69) is 42.9 Å². The Morgan fingerprint density at radius 2 is 2.02 bits per heavy atom. The van der Waals surface area contributed by atoms with Crippen LogP contribution in [0.15, 0.2) is 57.8 Å². The number of fused-ring (bicyclic) bond motifs is 3. The van der Waals surface area contributed by atoms with Gasteiger partial charge in [0.15, 0.2) is 16.8 Å². The lowest BCUT2D eigenvalue weighted by molar-refractivity contribution is -0.156. The van der Waals surface area contributed by atoms with E-state index in [-0.39, 0.29) is 24.0 Å². The van der Waals surface area contributed by atoms with E-state index in [0.717, 1.165) is 19.0 Å². The van der Waals surface area contributed by atoms with Crippen molar-refractivity contribution in [2.24, 2.45) is 39.8 Å². The van der Waals surface area contributed by atoms with Crippen molar-refractivity contribution < 1.29 is 9.13 Å². The molecule has 248 valence electrons. The molecule has 8 rings (SSSR count). The lowest BCUT2D eigenvalue weighted by Gasteiger charge is -2.65. The number of ether oxygens (including phenoxy) is 1. The molecule has 3 saturated carbocycles. The number of rotatable bonds is 7. The van der Waals surface area contributed by atoms with Gasteiger partial charge in [-0.15, -0.1) is 11.3 Å². The van der Waals surface area contributed by atoms with Gasteiger partial charge in [0.25, 0.3) is 5.56 Å². The molecule has 6 atom stereocenters. The Balaban J connectivity index is 1.21. The first-order chi connectivity index (χ1) is 22.6. The van der Waals surface area contributed by atoms with Crippen LogP contribution in [0.3, 0.4) is 0 Å². The standard InChI is InChI=1S/C36H44FN7O2S/c1-20-16-26(28-19-27(20)36(28,3)4)31-21(2)39-11-14-43(31)35(38)41-23-7-9-25-30(17-23)42-32(33-40-12-15-47-33)44(34(25)45)13-10-22-6-8-24(46-5)18-29(22)37/h6-9,12,15,17-18,20-21,26-28,31,39H,10-11,13-14,16,19H2,1-5H3,(H2,38,41)/t20-,21+,26?,27+,28-,31?/m1/s1. The summed E-state index contributed by atoms with van der Waals surface area (Å²) in [6.07, 6.45) is 4.52. The molecule has 2 bridgehead atoms. The highest BCUT2D eigenvalue weighted by atomic mass is 32.1. The number of aryl methyl sites for hydroxylation is 1. The van der Waals surface area contributed by atoms with E-state index in [1.165, 1.54) is 37.4 Å². The highest BCUT2D eigenvalue weighted by molar-refractivity contribution is 7.13. The Bertz CT molecular complexity index is 1870. The van der Waals surface area contributed by atoms with E-state index >= 15 is 0 Å². The van der Waals surface area contributed by atoms with Gasteiger partial charge in [0, 0.05) is 49.4 Å². The Morgan fingerprint density at radius 3 is 2.72 bits per heavy atom. The number of nitrogens with zero attached hydrogens (tertiary/aromatic N) is 5. The molecule has 2 unspecified atom stereocenters. The van der Waals surface area contributed by atoms with Crippen molar-refractivity contribution in [2.75, 3.05) is 20.2 Å². The minimum atomic E-state index is -0.373.